The summed E-state index contributed by atoms with van der Waals surface area (Å²) < 4.78 is 5.20. The maximum atomic E-state index is 12.6. The van der Waals surface area contributed by atoms with Crippen LogP contribution in [0.2, 0.25) is 0 Å². The molecule has 2 amide bonds. The number of carbonyl (C=O) groups excluding carboxylic acids is 2. The largest absolute Gasteiger partial charge is 0.444 e. The number of alkyl carbamates (subject to hydrolysis) is 1. The molecule has 0 aliphatic rings. The Hall–Kier alpha value is -2.82. The van der Waals surface area contributed by atoms with Gasteiger partial charge in [-0.3, -0.25) is 4.79 Å². The highest BCUT2D eigenvalue weighted by Crippen LogP contribution is 2.21. The molecule has 0 aliphatic heterocycles. The number of amides is 2. The number of nitrogens with one attached hydrogen (secondary N) is 2. The minimum Gasteiger partial charge on any atom is -0.444 e. The number of benzene rings is 2. The predicted molar refractivity (Wildman–Crippen MR) is 102 cm³/mol. The van der Waals surface area contributed by atoms with Crippen molar-refractivity contribution >= 4 is 12.0 Å². The lowest BCUT2D eigenvalue weighted by atomic mass is 9.98. The first-order valence-corrected chi connectivity index (χ1v) is 8.66. The lowest BCUT2D eigenvalue weighted by Crippen LogP contribution is -2.47. The van der Waals surface area contributed by atoms with E-state index >= 15 is 0 Å². The van der Waals surface area contributed by atoms with E-state index in [1.807, 2.05) is 60.7 Å². The number of rotatable bonds is 5. The van der Waals surface area contributed by atoms with Gasteiger partial charge in [0.1, 0.15) is 11.6 Å². The number of hydrogen-bond acceptors (Lipinski definition) is 3. The number of carbonyl (C=O) groups is 2. The standard InChI is InChI=1S/C21H26N2O3/c1-15(22-20(25)26-21(2,3)4)19(24)23-18(16-11-7-5-8-12-16)17-13-9-6-10-14-17/h5-15,18H,1-4H3,(H,22,25)(H,23,24)/t15-/m0/s1. The molecule has 26 heavy (non-hydrogen) atoms. The smallest absolute Gasteiger partial charge is 0.408 e. The Bertz CT molecular complexity index is 684. The lowest BCUT2D eigenvalue weighted by Gasteiger charge is -2.24. The third-order valence-corrected chi connectivity index (χ3v) is 3.68. The van der Waals surface area contributed by atoms with Gasteiger partial charge in [0.2, 0.25) is 5.91 Å². The van der Waals surface area contributed by atoms with E-state index < -0.39 is 17.7 Å². The van der Waals surface area contributed by atoms with Gasteiger partial charge in [-0.1, -0.05) is 60.7 Å². The molecule has 0 spiro atoms. The first kappa shape index (κ1) is 19.5. The van der Waals surface area contributed by atoms with Crippen molar-refractivity contribution in [2.24, 2.45) is 0 Å². The van der Waals surface area contributed by atoms with Crippen LogP contribution in [0.5, 0.6) is 0 Å². The Morgan fingerprint density at radius 3 is 1.73 bits per heavy atom. The molecule has 5 nitrogen and oxygen atoms in total. The van der Waals surface area contributed by atoms with Gasteiger partial charge < -0.3 is 15.4 Å². The van der Waals surface area contributed by atoms with E-state index in [1.165, 1.54) is 0 Å². The second-order valence-electron chi connectivity index (χ2n) is 7.13. The van der Waals surface area contributed by atoms with E-state index in [0.29, 0.717) is 0 Å². The molecule has 5 heteroatoms. The molecule has 0 fully saturated rings. The molecule has 0 saturated heterocycles. The molecule has 2 N–H and O–H groups in total. The van der Waals surface area contributed by atoms with E-state index in [-0.39, 0.29) is 11.9 Å². The van der Waals surface area contributed by atoms with Gasteiger partial charge in [0.25, 0.3) is 0 Å². The van der Waals surface area contributed by atoms with Gasteiger partial charge in [0.15, 0.2) is 0 Å². The van der Waals surface area contributed by atoms with Crippen LogP contribution in [0.4, 0.5) is 4.79 Å². The summed E-state index contributed by atoms with van der Waals surface area (Å²) in [5.74, 6) is -0.284. The maximum Gasteiger partial charge on any atom is 0.408 e. The van der Waals surface area contributed by atoms with Crippen LogP contribution in [0.15, 0.2) is 60.7 Å². The van der Waals surface area contributed by atoms with Gasteiger partial charge in [-0.2, -0.15) is 0 Å². The Balaban J connectivity index is 2.10. The van der Waals surface area contributed by atoms with Crippen LogP contribution >= 0.6 is 0 Å². The summed E-state index contributed by atoms with van der Waals surface area (Å²) in [5.41, 5.74) is 1.32. The Morgan fingerprint density at radius 2 is 1.31 bits per heavy atom. The van der Waals surface area contributed by atoms with E-state index in [1.54, 1.807) is 27.7 Å². The molecule has 0 unspecified atom stereocenters. The summed E-state index contributed by atoms with van der Waals surface area (Å²) in [6, 6.07) is 18.4. The van der Waals surface area contributed by atoms with E-state index in [9.17, 15) is 9.59 Å². The van der Waals surface area contributed by atoms with Gasteiger partial charge >= 0.3 is 6.09 Å². The van der Waals surface area contributed by atoms with Crippen LogP contribution in [0, 0.1) is 0 Å². The molecule has 0 saturated carbocycles. The van der Waals surface area contributed by atoms with Gasteiger partial charge in [0, 0.05) is 0 Å². The number of hydrogen-bond donors (Lipinski definition) is 2. The Labute approximate surface area is 154 Å². The molecule has 2 aromatic carbocycles. The van der Waals surface area contributed by atoms with E-state index in [4.69, 9.17) is 4.74 Å². The minimum absolute atomic E-state index is 0.284. The lowest BCUT2D eigenvalue weighted by molar-refractivity contribution is -0.123. The zero-order valence-electron chi connectivity index (χ0n) is 15.7. The summed E-state index contributed by atoms with van der Waals surface area (Å²) in [7, 11) is 0. The molecule has 138 valence electrons. The van der Waals surface area contributed by atoms with Crippen molar-refractivity contribution in [1.29, 1.82) is 0 Å². The average molecular weight is 354 g/mol. The fraction of sp³-hybridized carbons (Fsp3) is 0.333. The Kier molecular flexibility index (Phi) is 6.39. The first-order valence-electron chi connectivity index (χ1n) is 8.66. The summed E-state index contributed by atoms with van der Waals surface area (Å²) in [6.45, 7) is 6.96. The van der Waals surface area contributed by atoms with Crippen LogP contribution in [0.25, 0.3) is 0 Å². The van der Waals surface area contributed by atoms with Crippen molar-refractivity contribution in [3.05, 3.63) is 71.8 Å². The predicted octanol–water partition coefficient (Wildman–Crippen LogP) is 3.81. The zero-order valence-corrected chi connectivity index (χ0v) is 15.7. The molecule has 0 radical (unpaired) electrons. The van der Waals surface area contributed by atoms with Gasteiger partial charge in [-0.25, -0.2) is 4.79 Å². The number of ether oxygens (including phenoxy) is 1. The fourth-order valence-electron chi connectivity index (χ4n) is 2.47. The maximum absolute atomic E-state index is 12.6. The molecule has 0 heterocycles. The van der Waals surface area contributed by atoms with Crippen molar-refractivity contribution in [2.75, 3.05) is 0 Å². The molecule has 0 aromatic heterocycles. The topological polar surface area (TPSA) is 67.4 Å². The molecule has 2 aromatic rings. The fourth-order valence-corrected chi connectivity index (χ4v) is 2.47. The molecular formula is C21H26N2O3. The van der Waals surface area contributed by atoms with Crippen LogP contribution in [-0.2, 0) is 9.53 Å². The molecule has 0 bridgehead atoms. The van der Waals surface area contributed by atoms with Crippen molar-refractivity contribution in [3.8, 4) is 0 Å². The van der Waals surface area contributed by atoms with Crippen LogP contribution < -0.4 is 10.6 Å². The van der Waals surface area contributed by atoms with Crippen molar-refractivity contribution in [2.45, 2.75) is 45.4 Å². The molecule has 1 atom stereocenters. The van der Waals surface area contributed by atoms with Gasteiger partial charge in [-0.05, 0) is 38.8 Å². The van der Waals surface area contributed by atoms with Gasteiger partial charge in [-0.15, -0.1) is 0 Å². The second-order valence-corrected chi connectivity index (χ2v) is 7.13. The van der Waals surface area contributed by atoms with Crippen molar-refractivity contribution in [1.82, 2.24) is 10.6 Å². The first-order chi connectivity index (χ1) is 12.3. The highest BCUT2D eigenvalue weighted by atomic mass is 16.6. The zero-order chi connectivity index (χ0) is 19.2. The minimum atomic E-state index is -0.722. The van der Waals surface area contributed by atoms with Crippen LogP contribution in [0.3, 0.4) is 0 Å². The molecular weight excluding hydrogens is 328 g/mol. The van der Waals surface area contributed by atoms with Crippen LogP contribution in [-0.4, -0.2) is 23.6 Å². The monoisotopic (exact) mass is 354 g/mol. The van der Waals surface area contributed by atoms with E-state index in [0.717, 1.165) is 11.1 Å². The summed E-state index contributed by atoms with van der Waals surface area (Å²) in [6.07, 6.45) is -0.615. The third-order valence-electron chi connectivity index (χ3n) is 3.68. The molecule has 0 aliphatic carbocycles. The van der Waals surface area contributed by atoms with Crippen LogP contribution in [0.1, 0.15) is 44.9 Å². The van der Waals surface area contributed by atoms with Crippen molar-refractivity contribution < 1.29 is 14.3 Å². The molecule has 2 rings (SSSR count). The Morgan fingerprint density at radius 1 is 0.846 bits per heavy atom. The highest BCUT2D eigenvalue weighted by Gasteiger charge is 2.24. The average Bonchev–Trinajstić information content (AvgIpc) is 2.59. The summed E-state index contributed by atoms with van der Waals surface area (Å²) >= 11 is 0. The quantitative estimate of drug-likeness (QED) is 0.858. The van der Waals surface area contributed by atoms with Gasteiger partial charge in [0.05, 0.1) is 6.04 Å². The second kappa shape index (κ2) is 8.52. The normalized spacial score (nSPS) is 12.3. The van der Waals surface area contributed by atoms with Crippen molar-refractivity contribution in [3.63, 3.8) is 0 Å². The third kappa shape index (κ3) is 5.92. The van der Waals surface area contributed by atoms with E-state index in [2.05, 4.69) is 10.6 Å². The SMILES string of the molecule is C[C@H](NC(=O)OC(C)(C)C)C(=O)NC(c1ccccc1)c1ccccc1. The highest BCUT2D eigenvalue weighted by molar-refractivity contribution is 5.85. The summed E-state index contributed by atoms with van der Waals surface area (Å²) in [5, 5.41) is 5.58. The summed E-state index contributed by atoms with van der Waals surface area (Å²) in [4.78, 5) is 24.5.